The number of aromatic nitrogens is 2. The van der Waals surface area contributed by atoms with Gasteiger partial charge in [-0.3, -0.25) is 35.0 Å². The summed E-state index contributed by atoms with van der Waals surface area (Å²) in [5.74, 6) is -1.01. The Morgan fingerprint density at radius 2 is 2.07 bits per heavy atom. The van der Waals surface area contributed by atoms with Crippen LogP contribution in [0.2, 0.25) is 0 Å². The second kappa shape index (κ2) is 8.94. The zero-order valence-corrected chi connectivity index (χ0v) is 15.5. The van der Waals surface area contributed by atoms with Crippen LogP contribution >= 0.6 is 0 Å². The van der Waals surface area contributed by atoms with Crippen molar-refractivity contribution in [3.63, 3.8) is 0 Å². The molecule has 0 aliphatic carbocycles. The number of nitrogens with zero attached hydrogens (tertiary/aromatic N) is 5. The van der Waals surface area contributed by atoms with E-state index in [1.165, 1.54) is 0 Å². The molecule has 0 spiro atoms. The monoisotopic (exact) mass is 411 g/mol. The molecule has 3 aromatic rings. The molecule has 2 aromatic carbocycles. The Bertz CT molecular complexity index is 1090. The summed E-state index contributed by atoms with van der Waals surface area (Å²) in [4.78, 5) is 26.5. The summed E-state index contributed by atoms with van der Waals surface area (Å²) < 4.78 is 1.72. The highest BCUT2D eigenvalue weighted by molar-refractivity contribution is 5.99. The van der Waals surface area contributed by atoms with E-state index in [2.05, 4.69) is 10.1 Å². The number of aliphatic imine (C=N–C) groups is 1. The van der Waals surface area contributed by atoms with E-state index < -0.39 is 16.4 Å². The van der Waals surface area contributed by atoms with Gasteiger partial charge >= 0.3 is 5.69 Å². The highest BCUT2D eigenvalue weighted by Crippen LogP contribution is 2.33. The van der Waals surface area contributed by atoms with Gasteiger partial charge in [-0.2, -0.15) is 5.10 Å². The van der Waals surface area contributed by atoms with Crippen molar-refractivity contribution in [2.24, 2.45) is 4.99 Å². The van der Waals surface area contributed by atoms with Gasteiger partial charge in [0.15, 0.2) is 5.78 Å². The van der Waals surface area contributed by atoms with E-state index in [0.717, 1.165) is 23.9 Å². The van der Waals surface area contributed by atoms with E-state index in [9.17, 15) is 20.0 Å². The predicted molar refractivity (Wildman–Crippen MR) is 105 cm³/mol. The molecule has 0 bridgehead atoms. The fourth-order valence-electron chi connectivity index (χ4n) is 2.72. The second-order valence-electron chi connectivity index (χ2n) is 6.25. The van der Waals surface area contributed by atoms with E-state index in [1.807, 2.05) is 6.07 Å². The molecular formula is C19H17N5O6. The lowest BCUT2D eigenvalue weighted by atomic mass is 10.1. The molecule has 11 heteroatoms. The topological polar surface area (TPSA) is 154 Å². The maximum Gasteiger partial charge on any atom is 0.313 e. The van der Waals surface area contributed by atoms with Crippen molar-refractivity contribution in [2.45, 2.75) is 6.54 Å². The van der Waals surface area contributed by atoms with E-state index in [4.69, 9.17) is 10.4 Å². The number of aromatic hydroxyl groups is 1. The third-order valence-electron chi connectivity index (χ3n) is 4.15. The molecule has 0 saturated carbocycles. The molecule has 30 heavy (non-hydrogen) atoms. The van der Waals surface area contributed by atoms with Gasteiger partial charge in [0.2, 0.25) is 5.75 Å². The van der Waals surface area contributed by atoms with Crippen LogP contribution in [0.1, 0.15) is 21.5 Å². The van der Waals surface area contributed by atoms with Crippen LogP contribution < -0.4 is 5.23 Å². The van der Waals surface area contributed by atoms with E-state index in [0.29, 0.717) is 12.1 Å². The van der Waals surface area contributed by atoms with Crippen LogP contribution in [0.3, 0.4) is 0 Å². The Morgan fingerprint density at radius 1 is 1.27 bits per heavy atom. The minimum Gasteiger partial charge on any atom is -0.502 e. The van der Waals surface area contributed by atoms with E-state index >= 15 is 0 Å². The fraction of sp³-hybridized carbons (Fsp3) is 0.105. The first-order valence-electron chi connectivity index (χ1n) is 8.64. The molecule has 11 nitrogen and oxygen atoms in total. The molecule has 0 radical (unpaired) electrons. The number of Topliss-reactive ketones (excluding diaryl/α,β-unsaturated/α-hetero) is 1. The molecule has 0 amide bonds. The number of anilines is 1. The first kappa shape index (κ1) is 20.6. The fourth-order valence-corrected chi connectivity index (χ4v) is 2.72. The van der Waals surface area contributed by atoms with Crippen molar-refractivity contribution >= 4 is 23.4 Å². The van der Waals surface area contributed by atoms with E-state index in [-0.39, 0.29) is 28.8 Å². The van der Waals surface area contributed by atoms with Crippen LogP contribution in [0.5, 0.6) is 5.75 Å². The van der Waals surface area contributed by atoms with Crippen LogP contribution in [-0.4, -0.2) is 48.8 Å². The Labute approximate surface area is 169 Å². The zero-order chi connectivity index (χ0) is 21.7. The van der Waals surface area contributed by atoms with Gasteiger partial charge in [-0.15, -0.1) is 5.23 Å². The quantitative estimate of drug-likeness (QED) is 0.221. The lowest BCUT2D eigenvalue weighted by Crippen LogP contribution is -2.12. The maximum atomic E-state index is 12.4. The number of phenolic OH excluding ortho intramolecular Hbond substituents is 1. The number of nitro groups is 1. The summed E-state index contributed by atoms with van der Waals surface area (Å²) in [6, 6.07) is 10.6. The van der Waals surface area contributed by atoms with Crippen LogP contribution in [0.25, 0.3) is 0 Å². The summed E-state index contributed by atoms with van der Waals surface area (Å²) in [6.07, 6.45) is 4.52. The van der Waals surface area contributed by atoms with Gasteiger partial charge in [-0.25, -0.2) is 0 Å². The number of hydrogen-bond donors (Lipinski definition) is 3. The number of phenols is 1. The van der Waals surface area contributed by atoms with Crippen molar-refractivity contribution < 1.29 is 25.2 Å². The highest BCUT2D eigenvalue weighted by atomic mass is 16.8. The van der Waals surface area contributed by atoms with Crippen LogP contribution in [0, 0.1) is 10.1 Å². The minimum atomic E-state index is -0.879. The van der Waals surface area contributed by atoms with Crippen molar-refractivity contribution in [3.05, 3.63) is 81.7 Å². The summed E-state index contributed by atoms with van der Waals surface area (Å²) in [5, 5.41) is 43.0. The summed E-state index contributed by atoms with van der Waals surface area (Å²) >= 11 is 0. The molecule has 3 rings (SSSR count). The van der Waals surface area contributed by atoms with Gasteiger partial charge in [-0.1, -0.05) is 18.2 Å². The molecule has 3 N–H and O–H groups in total. The Balaban J connectivity index is 1.75. The zero-order valence-electron chi connectivity index (χ0n) is 15.5. The number of carbonyl (C=O) groups excluding carboxylic acids is 1. The SMILES string of the molecule is O=C(CN=Cc1cc(N(O)O)cc([N+](=O)[O-])c1O)c1cccc(Cn2cccn2)c1. The lowest BCUT2D eigenvalue weighted by Gasteiger charge is -2.09. The summed E-state index contributed by atoms with van der Waals surface area (Å²) in [6.45, 7) is 0.227. The number of benzene rings is 2. The molecule has 0 unspecified atom stereocenters. The normalized spacial score (nSPS) is 11.0. The van der Waals surface area contributed by atoms with Gasteiger partial charge in [0.1, 0.15) is 12.2 Å². The molecule has 0 saturated heterocycles. The summed E-state index contributed by atoms with van der Waals surface area (Å²) in [7, 11) is 0. The van der Waals surface area contributed by atoms with Gasteiger partial charge in [0.05, 0.1) is 11.5 Å². The van der Waals surface area contributed by atoms with Crippen LogP contribution in [0.4, 0.5) is 11.4 Å². The van der Waals surface area contributed by atoms with Crippen molar-refractivity contribution in [3.8, 4) is 5.75 Å². The van der Waals surface area contributed by atoms with Crippen LogP contribution in [-0.2, 0) is 6.54 Å². The third kappa shape index (κ3) is 4.84. The van der Waals surface area contributed by atoms with E-state index in [1.54, 1.807) is 41.3 Å². The Hall–Kier alpha value is -4.09. The van der Waals surface area contributed by atoms with Gasteiger partial charge in [0.25, 0.3) is 0 Å². The smallest absolute Gasteiger partial charge is 0.313 e. The molecule has 0 fully saturated rings. The molecule has 0 atom stereocenters. The lowest BCUT2D eigenvalue weighted by molar-refractivity contribution is -0.385. The third-order valence-corrected chi connectivity index (χ3v) is 4.15. The first-order chi connectivity index (χ1) is 14.3. The molecule has 154 valence electrons. The first-order valence-corrected chi connectivity index (χ1v) is 8.64. The van der Waals surface area contributed by atoms with Crippen molar-refractivity contribution in [1.29, 1.82) is 0 Å². The number of nitro benzene ring substituents is 1. The van der Waals surface area contributed by atoms with Gasteiger partial charge < -0.3 is 5.11 Å². The second-order valence-corrected chi connectivity index (χ2v) is 6.25. The number of hydrogen-bond acceptors (Lipinski definition) is 9. The van der Waals surface area contributed by atoms with Crippen molar-refractivity contribution in [1.82, 2.24) is 9.78 Å². The Kier molecular flexibility index (Phi) is 6.15. The maximum absolute atomic E-state index is 12.4. The van der Waals surface area contributed by atoms with Crippen LogP contribution in [0.15, 0.2) is 59.9 Å². The largest absolute Gasteiger partial charge is 0.502 e. The number of ketones is 1. The molecule has 1 aromatic heterocycles. The van der Waals surface area contributed by atoms with Crippen molar-refractivity contribution in [2.75, 3.05) is 11.8 Å². The molecular weight excluding hydrogens is 394 g/mol. The highest BCUT2D eigenvalue weighted by Gasteiger charge is 2.20. The summed E-state index contributed by atoms with van der Waals surface area (Å²) in [5.41, 5.74) is 0.0731. The number of rotatable bonds is 8. The number of carbonyl (C=O) groups is 1. The Morgan fingerprint density at radius 3 is 2.73 bits per heavy atom. The molecule has 0 aliphatic rings. The average Bonchev–Trinajstić information content (AvgIpc) is 3.22. The molecule has 0 aliphatic heterocycles. The standard InChI is InChI=1S/C19H17N5O6/c25-18(14-4-1-3-13(7-14)12-22-6-2-5-21-22)11-20-10-15-8-16(23(27)28)9-17(19(15)26)24(29)30/h1-10,26-28H,11-12H2. The minimum absolute atomic E-state index is 0.146. The molecule has 1 heterocycles. The predicted octanol–water partition coefficient (Wildman–Crippen LogP) is 2.43. The average molecular weight is 411 g/mol. The van der Waals surface area contributed by atoms with Gasteiger partial charge in [-0.05, 0) is 23.8 Å². The van der Waals surface area contributed by atoms with Gasteiger partial charge in [0, 0.05) is 35.8 Å².